The van der Waals surface area contributed by atoms with E-state index in [1.54, 1.807) is 6.07 Å². The zero-order chi connectivity index (χ0) is 14.7. The largest absolute Gasteiger partial charge is 0.369 e. The lowest BCUT2D eigenvalue weighted by Crippen LogP contribution is -2.03. The zero-order valence-corrected chi connectivity index (χ0v) is 12.7. The Balaban J connectivity index is 2.37. The molecule has 1 heterocycles. The van der Waals surface area contributed by atoms with E-state index in [9.17, 15) is 4.39 Å². The molecular weight excluding hydrogens is 324 g/mol. The number of hydrogen-bond donors (Lipinski definition) is 2. The van der Waals surface area contributed by atoms with E-state index in [-0.39, 0.29) is 0 Å². The van der Waals surface area contributed by atoms with Crippen LogP contribution in [0.1, 0.15) is 6.92 Å². The highest BCUT2D eigenvalue weighted by atomic mass is 35.5. The molecular formula is C13H11Cl3FN3. The van der Waals surface area contributed by atoms with Crippen molar-refractivity contribution in [1.82, 2.24) is 4.98 Å². The average molecular weight is 335 g/mol. The summed E-state index contributed by atoms with van der Waals surface area (Å²) in [7, 11) is 0. The number of anilines is 3. The number of benzene rings is 1. The molecule has 0 atom stereocenters. The maximum atomic E-state index is 13.2. The van der Waals surface area contributed by atoms with Crippen molar-refractivity contribution in [3.8, 4) is 0 Å². The van der Waals surface area contributed by atoms with Crippen LogP contribution >= 0.6 is 34.8 Å². The predicted octanol–water partition coefficient (Wildman–Crippen LogP) is 5.36. The van der Waals surface area contributed by atoms with Gasteiger partial charge in [0.1, 0.15) is 11.6 Å². The van der Waals surface area contributed by atoms with Gasteiger partial charge >= 0.3 is 0 Å². The minimum atomic E-state index is -0.408. The van der Waals surface area contributed by atoms with Crippen LogP contribution < -0.4 is 10.6 Å². The highest BCUT2D eigenvalue weighted by Gasteiger charge is 2.11. The monoisotopic (exact) mass is 333 g/mol. The quantitative estimate of drug-likeness (QED) is 0.790. The van der Waals surface area contributed by atoms with Gasteiger partial charge in [0.15, 0.2) is 5.82 Å². The second-order valence-corrected chi connectivity index (χ2v) is 5.15. The molecule has 1 aromatic heterocycles. The Hall–Kier alpha value is -1.23. The van der Waals surface area contributed by atoms with Gasteiger partial charge in [0.2, 0.25) is 0 Å². The molecule has 3 nitrogen and oxygen atoms in total. The van der Waals surface area contributed by atoms with Crippen molar-refractivity contribution in [3.63, 3.8) is 0 Å². The van der Waals surface area contributed by atoms with Crippen LogP contribution in [0.5, 0.6) is 0 Å². The number of pyridine rings is 1. The number of nitrogens with one attached hydrogen (secondary N) is 2. The van der Waals surface area contributed by atoms with E-state index < -0.39 is 5.82 Å². The third-order valence-electron chi connectivity index (χ3n) is 2.46. The summed E-state index contributed by atoms with van der Waals surface area (Å²) in [4.78, 5) is 4.26. The van der Waals surface area contributed by atoms with E-state index in [4.69, 9.17) is 34.8 Å². The highest BCUT2D eigenvalue weighted by Crippen LogP contribution is 2.33. The van der Waals surface area contributed by atoms with E-state index in [2.05, 4.69) is 15.6 Å². The molecule has 0 spiro atoms. The summed E-state index contributed by atoms with van der Waals surface area (Å²) >= 11 is 18.1. The Kier molecular flexibility index (Phi) is 4.91. The van der Waals surface area contributed by atoms with Gasteiger partial charge in [0.05, 0.1) is 20.8 Å². The number of hydrogen-bond acceptors (Lipinski definition) is 3. The lowest BCUT2D eigenvalue weighted by atomic mass is 10.3. The predicted molar refractivity (Wildman–Crippen MR) is 83.1 cm³/mol. The SMILES string of the molecule is CCNc1nc(Nc2cc(F)ccc2Cl)c(Cl)cc1Cl. The average Bonchev–Trinajstić information content (AvgIpc) is 2.39. The number of nitrogens with zero attached hydrogens (tertiary/aromatic N) is 1. The number of halogens is 4. The van der Waals surface area contributed by atoms with Crippen molar-refractivity contribution >= 4 is 52.1 Å². The van der Waals surface area contributed by atoms with Gasteiger partial charge in [-0.25, -0.2) is 9.37 Å². The Labute approximate surface area is 131 Å². The van der Waals surface area contributed by atoms with Crippen molar-refractivity contribution in [3.05, 3.63) is 45.2 Å². The van der Waals surface area contributed by atoms with Crippen molar-refractivity contribution < 1.29 is 4.39 Å². The summed E-state index contributed by atoms with van der Waals surface area (Å²) in [5.74, 6) is 0.432. The number of rotatable bonds is 4. The van der Waals surface area contributed by atoms with Gasteiger partial charge in [-0.2, -0.15) is 0 Å². The Morgan fingerprint density at radius 1 is 1.05 bits per heavy atom. The molecule has 20 heavy (non-hydrogen) atoms. The third-order valence-corrected chi connectivity index (χ3v) is 3.36. The smallest absolute Gasteiger partial charge is 0.151 e. The maximum absolute atomic E-state index is 13.2. The molecule has 2 rings (SSSR count). The van der Waals surface area contributed by atoms with Crippen LogP contribution in [0.4, 0.5) is 21.7 Å². The molecule has 0 unspecified atom stereocenters. The molecule has 0 aliphatic carbocycles. The lowest BCUT2D eigenvalue weighted by Gasteiger charge is -2.12. The minimum Gasteiger partial charge on any atom is -0.369 e. The summed E-state index contributed by atoms with van der Waals surface area (Å²) in [5, 5.41) is 6.99. The van der Waals surface area contributed by atoms with Crippen LogP contribution in [-0.4, -0.2) is 11.5 Å². The molecule has 0 saturated heterocycles. The molecule has 1 aromatic carbocycles. The third kappa shape index (κ3) is 3.45. The topological polar surface area (TPSA) is 37.0 Å². The summed E-state index contributed by atoms with van der Waals surface area (Å²) < 4.78 is 13.2. The number of aromatic nitrogens is 1. The fourth-order valence-electron chi connectivity index (χ4n) is 1.57. The first-order chi connectivity index (χ1) is 9.51. The molecule has 7 heteroatoms. The maximum Gasteiger partial charge on any atom is 0.151 e. The van der Waals surface area contributed by atoms with Crippen molar-refractivity contribution in [2.24, 2.45) is 0 Å². The Morgan fingerprint density at radius 2 is 1.75 bits per heavy atom. The minimum absolute atomic E-state index is 0.317. The van der Waals surface area contributed by atoms with Crippen LogP contribution in [0.2, 0.25) is 15.1 Å². The first-order valence-corrected chi connectivity index (χ1v) is 6.96. The molecule has 0 aliphatic rings. The highest BCUT2D eigenvalue weighted by molar-refractivity contribution is 6.37. The molecule has 0 fully saturated rings. The first kappa shape index (κ1) is 15.2. The Bertz CT molecular complexity index is 634. The standard InChI is InChI=1S/C13H11Cl3FN3/c1-2-18-12-9(15)6-10(16)13(20-12)19-11-5-7(17)3-4-8(11)14/h3-6H,2H2,1H3,(H2,18,19,20). The van der Waals surface area contributed by atoms with E-state index >= 15 is 0 Å². The molecule has 0 amide bonds. The summed E-state index contributed by atoms with van der Waals surface area (Å²) in [6.07, 6.45) is 0. The second kappa shape index (κ2) is 6.48. The van der Waals surface area contributed by atoms with Gasteiger partial charge in [-0.15, -0.1) is 0 Å². The first-order valence-electron chi connectivity index (χ1n) is 5.83. The summed E-state index contributed by atoms with van der Waals surface area (Å²) in [5.41, 5.74) is 0.380. The normalized spacial score (nSPS) is 10.4. The van der Waals surface area contributed by atoms with Crippen molar-refractivity contribution in [2.75, 3.05) is 17.2 Å². The van der Waals surface area contributed by atoms with Crippen LogP contribution in [0, 0.1) is 5.82 Å². The van der Waals surface area contributed by atoms with Gasteiger partial charge in [0, 0.05) is 6.54 Å². The fourth-order valence-corrected chi connectivity index (χ4v) is 2.20. The van der Waals surface area contributed by atoms with Gasteiger partial charge in [-0.1, -0.05) is 34.8 Å². The molecule has 0 aliphatic heterocycles. The van der Waals surface area contributed by atoms with Gasteiger partial charge in [0.25, 0.3) is 0 Å². The molecule has 0 radical (unpaired) electrons. The van der Waals surface area contributed by atoms with Crippen LogP contribution in [-0.2, 0) is 0 Å². The zero-order valence-electron chi connectivity index (χ0n) is 10.5. The van der Waals surface area contributed by atoms with E-state index in [0.717, 1.165) is 0 Å². The van der Waals surface area contributed by atoms with Crippen LogP contribution in [0.3, 0.4) is 0 Å². The Morgan fingerprint density at radius 3 is 2.45 bits per heavy atom. The van der Waals surface area contributed by atoms with Gasteiger partial charge < -0.3 is 10.6 Å². The molecule has 2 aromatic rings. The molecule has 0 saturated carbocycles. The van der Waals surface area contributed by atoms with Crippen molar-refractivity contribution in [1.29, 1.82) is 0 Å². The molecule has 0 bridgehead atoms. The molecule has 2 N–H and O–H groups in total. The second-order valence-electron chi connectivity index (χ2n) is 3.93. The summed E-state index contributed by atoms with van der Waals surface area (Å²) in [6, 6.07) is 5.55. The van der Waals surface area contributed by atoms with Crippen molar-refractivity contribution in [2.45, 2.75) is 6.92 Å². The van der Waals surface area contributed by atoms with E-state index in [1.165, 1.54) is 18.2 Å². The van der Waals surface area contributed by atoms with Crippen LogP contribution in [0.15, 0.2) is 24.3 Å². The van der Waals surface area contributed by atoms with E-state index in [1.807, 2.05) is 6.92 Å². The van der Waals surface area contributed by atoms with Crippen LogP contribution in [0.25, 0.3) is 0 Å². The van der Waals surface area contributed by atoms with Gasteiger partial charge in [-0.3, -0.25) is 0 Å². The van der Waals surface area contributed by atoms with E-state index in [0.29, 0.717) is 38.9 Å². The summed E-state index contributed by atoms with van der Waals surface area (Å²) in [6.45, 7) is 2.58. The lowest BCUT2D eigenvalue weighted by molar-refractivity contribution is 0.628. The fraction of sp³-hybridized carbons (Fsp3) is 0.154. The van der Waals surface area contributed by atoms with Gasteiger partial charge in [-0.05, 0) is 31.2 Å². The molecule has 106 valence electrons.